The number of nitrogens with zero attached hydrogens (tertiary/aromatic N) is 1. The Morgan fingerprint density at radius 1 is 1.75 bits per heavy atom. The van der Waals surface area contributed by atoms with Crippen LogP contribution in [0.25, 0.3) is 0 Å². The van der Waals surface area contributed by atoms with E-state index in [9.17, 15) is 4.79 Å². The van der Waals surface area contributed by atoms with Gasteiger partial charge in [0.15, 0.2) is 0 Å². The fourth-order valence-electron chi connectivity index (χ4n) is 0.249. The standard InChI is InChI=1S/C4H7BrClNO/c5-1-2-7(3-6)4-8/h4H,1-3H2. The smallest absolute Gasteiger partial charge is 0.210 e. The minimum absolute atomic E-state index is 0.273. The van der Waals surface area contributed by atoms with Crippen molar-refractivity contribution in [1.29, 1.82) is 0 Å². The number of hydrogen-bond donors (Lipinski definition) is 0. The quantitative estimate of drug-likeness (QED) is 0.377. The van der Waals surface area contributed by atoms with Crippen LogP contribution in [0.5, 0.6) is 0 Å². The molecule has 0 saturated heterocycles. The molecule has 2 nitrogen and oxygen atoms in total. The van der Waals surface area contributed by atoms with Crippen LogP contribution in [-0.2, 0) is 4.79 Å². The summed E-state index contributed by atoms with van der Waals surface area (Å²) in [5, 5.41) is 0.776. The summed E-state index contributed by atoms with van der Waals surface area (Å²) in [4.78, 5) is 11.4. The van der Waals surface area contributed by atoms with Crippen molar-refractivity contribution in [1.82, 2.24) is 4.90 Å². The van der Waals surface area contributed by atoms with E-state index >= 15 is 0 Å². The van der Waals surface area contributed by atoms with Crippen LogP contribution in [0.1, 0.15) is 0 Å². The lowest BCUT2D eigenvalue weighted by molar-refractivity contribution is -0.117. The third kappa shape index (κ3) is 3.27. The normalized spacial score (nSPS) is 8.75. The van der Waals surface area contributed by atoms with Gasteiger partial charge in [-0.15, -0.1) is 11.6 Å². The maximum atomic E-state index is 9.95. The van der Waals surface area contributed by atoms with E-state index in [0.717, 1.165) is 11.7 Å². The third-order valence-corrected chi connectivity index (χ3v) is 1.34. The molecule has 0 aromatic rings. The van der Waals surface area contributed by atoms with Crippen molar-refractivity contribution in [3.63, 3.8) is 0 Å². The van der Waals surface area contributed by atoms with Crippen LogP contribution in [0.15, 0.2) is 0 Å². The first kappa shape index (κ1) is 8.24. The highest BCUT2D eigenvalue weighted by molar-refractivity contribution is 9.09. The Morgan fingerprint density at radius 2 is 2.38 bits per heavy atom. The molecule has 0 saturated carbocycles. The summed E-state index contributed by atoms with van der Waals surface area (Å²) in [6, 6.07) is 0.273. The molecule has 0 aliphatic rings. The molecule has 0 aliphatic heterocycles. The summed E-state index contributed by atoms with van der Waals surface area (Å²) >= 11 is 8.49. The Kier molecular flexibility index (Phi) is 5.54. The number of rotatable bonds is 4. The summed E-state index contributed by atoms with van der Waals surface area (Å²) in [6.45, 7) is 0.674. The van der Waals surface area contributed by atoms with E-state index in [0.29, 0.717) is 6.54 Å². The van der Waals surface area contributed by atoms with Crippen molar-refractivity contribution in [2.45, 2.75) is 0 Å². The van der Waals surface area contributed by atoms with Gasteiger partial charge in [0.05, 0.1) is 6.00 Å². The van der Waals surface area contributed by atoms with Gasteiger partial charge < -0.3 is 4.90 Å². The van der Waals surface area contributed by atoms with E-state index in [1.807, 2.05) is 0 Å². The zero-order valence-corrected chi connectivity index (χ0v) is 6.65. The van der Waals surface area contributed by atoms with Crippen molar-refractivity contribution in [3.05, 3.63) is 0 Å². The second-order valence-corrected chi connectivity index (χ2v) is 2.26. The van der Waals surface area contributed by atoms with Gasteiger partial charge in [0.2, 0.25) is 6.41 Å². The first-order valence-electron chi connectivity index (χ1n) is 2.16. The van der Waals surface area contributed by atoms with Crippen molar-refractivity contribution in [2.24, 2.45) is 0 Å². The number of carbonyl (C=O) groups is 1. The van der Waals surface area contributed by atoms with Crippen LogP contribution < -0.4 is 0 Å². The third-order valence-electron chi connectivity index (χ3n) is 0.674. The summed E-state index contributed by atoms with van der Waals surface area (Å²) in [5.41, 5.74) is 0. The Balaban J connectivity index is 3.21. The first-order valence-corrected chi connectivity index (χ1v) is 3.82. The summed E-state index contributed by atoms with van der Waals surface area (Å²) in [5.74, 6) is 0. The van der Waals surface area contributed by atoms with E-state index in [1.54, 1.807) is 0 Å². The topological polar surface area (TPSA) is 20.3 Å². The minimum Gasteiger partial charge on any atom is -0.331 e. The molecular formula is C4H7BrClNO. The maximum absolute atomic E-state index is 9.95. The van der Waals surface area contributed by atoms with Crippen molar-refractivity contribution in [2.75, 3.05) is 17.9 Å². The average molecular weight is 200 g/mol. The lowest BCUT2D eigenvalue weighted by Gasteiger charge is -2.09. The van der Waals surface area contributed by atoms with Crippen LogP contribution in [0.2, 0.25) is 0 Å². The molecule has 1 amide bonds. The van der Waals surface area contributed by atoms with Gasteiger partial charge in [-0.2, -0.15) is 0 Å². The number of hydrogen-bond acceptors (Lipinski definition) is 1. The summed E-state index contributed by atoms with van der Waals surface area (Å²) < 4.78 is 0. The average Bonchev–Trinajstić information content (AvgIpc) is 1.83. The molecule has 0 fully saturated rings. The molecule has 0 aromatic heterocycles. The van der Waals surface area contributed by atoms with E-state index in [2.05, 4.69) is 15.9 Å². The molecule has 8 heavy (non-hydrogen) atoms. The van der Waals surface area contributed by atoms with Crippen LogP contribution in [0, 0.1) is 0 Å². The summed E-state index contributed by atoms with van der Waals surface area (Å²) in [7, 11) is 0. The Labute approximate surface area is 61.9 Å². The van der Waals surface area contributed by atoms with Gasteiger partial charge >= 0.3 is 0 Å². The van der Waals surface area contributed by atoms with E-state index < -0.39 is 0 Å². The zero-order valence-electron chi connectivity index (χ0n) is 4.31. The lowest BCUT2D eigenvalue weighted by Crippen LogP contribution is -2.21. The van der Waals surface area contributed by atoms with E-state index in [1.165, 1.54) is 4.90 Å². The van der Waals surface area contributed by atoms with Crippen LogP contribution in [-0.4, -0.2) is 29.2 Å². The molecule has 0 atom stereocenters. The monoisotopic (exact) mass is 199 g/mol. The second-order valence-electron chi connectivity index (χ2n) is 1.23. The molecule has 0 rings (SSSR count). The molecule has 0 bridgehead atoms. The maximum Gasteiger partial charge on any atom is 0.210 e. The van der Waals surface area contributed by atoms with Gasteiger partial charge in [-0.05, 0) is 0 Å². The number of carbonyl (C=O) groups excluding carboxylic acids is 1. The minimum atomic E-state index is 0.273. The van der Waals surface area contributed by atoms with Gasteiger partial charge in [0.1, 0.15) is 0 Å². The number of amides is 1. The Hall–Kier alpha value is 0.240. The van der Waals surface area contributed by atoms with Crippen molar-refractivity contribution in [3.8, 4) is 0 Å². The Morgan fingerprint density at radius 3 is 2.50 bits per heavy atom. The number of halogens is 2. The molecule has 0 aromatic carbocycles. The van der Waals surface area contributed by atoms with Gasteiger partial charge in [-0.3, -0.25) is 4.79 Å². The van der Waals surface area contributed by atoms with E-state index in [4.69, 9.17) is 11.6 Å². The van der Waals surface area contributed by atoms with Gasteiger partial charge in [-0.1, -0.05) is 15.9 Å². The highest BCUT2D eigenvalue weighted by Crippen LogP contribution is 1.88. The van der Waals surface area contributed by atoms with Gasteiger partial charge in [0, 0.05) is 11.9 Å². The fourth-order valence-corrected chi connectivity index (χ4v) is 0.881. The van der Waals surface area contributed by atoms with Crippen LogP contribution in [0.4, 0.5) is 0 Å². The van der Waals surface area contributed by atoms with E-state index in [-0.39, 0.29) is 6.00 Å². The molecule has 0 spiro atoms. The number of alkyl halides is 2. The Bertz CT molecular complexity index is 71.1. The predicted molar refractivity (Wildman–Crippen MR) is 37.3 cm³/mol. The summed E-state index contributed by atoms with van der Waals surface area (Å²) in [6.07, 6.45) is 0.730. The second kappa shape index (κ2) is 5.38. The molecule has 0 N–H and O–H groups in total. The molecule has 0 radical (unpaired) electrons. The molecule has 48 valence electrons. The highest BCUT2D eigenvalue weighted by Gasteiger charge is 1.93. The molecule has 0 heterocycles. The molecular weight excluding hydrogens is 193 g/mol. The molecule has 4 heteroatoms. The fraction of sp³-hybridized carbons (Fsp3) is 0.750. The SMILES string of the molecule is O=CN(CCl)CCBr. The zero-order chi connectivity index (χ0) is 6.41. The van der Waals surface area contributed by atoms with Crippen LogP contribution in [0.3, 0.4) is 0 Å². The molecule has 0 unspecified atom stereocenters. The van der Waals surface area contributed by atoms with Crippen molar-refractivity contribution >= 4 is 33.9 Å². The highest BCUT2D eigenvalue weighted by atomic mass is 79.9. The van der Waals surface area contributed by atoms with Crippen LogP contribution >= 0.6 is 27.5 Å². The first-order chi connectivity index (χ1) is 3.85. The van der Waals surface area contributed by atoms with Crippen molar-refractivity contribution < 1.29 is 4.79 Å². The largest absolute Gasteiger partial charge is 0.331 e. The molecule has 0 aliphatic carbocycles. The lowest BCUT2D eigenvalue weighted by atomic mass is 10.7. The van der Waals surface area contributed by atoms with Gasteiger partial charge in [0.25, 0.3) is 0 Å². The van der Waals surface area contributed by atoms with Gasteiger partial charge in [-0.25, -0.2) is 0 Å². The predicted octanol–water partition coefficient (Wildman–Crippen LogP) is 1.04.